The van der Waals surface area contributed by atoms with E-state index < -0.39 is 6.04 Å². The van der Waals surface area contributed by atoms with E-state index in [1.165, 1.54) is 7.11 Å². The topological polar surface area (TPSA) is 80.3 Å². The molecule has 2 aromatic rings. The molecule has 6 heteroatoms. The van der Waals surface area contributed by atoms with Gasteiger partial charge in [-0.05, 0) is 31.0 Å². The summed E-state index contributed by atoms with van der Waals surface area (Å²) in [5.74, 6) is -0.0954. The Balaban J connectivity index is 2.03. The zero-order valence-electron chi connectivity index (χ0n) is 15.6. The summed E-state index contributed by atoms with van der Waals surface area (Å²) < 4.78 is 5.19. The van der Waals surface area contributed by atoms with Gasteiger partial charge in [0.15, 0.2) is 0 Å². The van der Waals surface area contributed by atoms with Gasteiger partial charge in [0.2, 0.25) is 11.8 Å². The molecule has 2 amide bonds. The van der Waals surface area contributed by atoms with Crippen molar-refractivity contribution in [2.45, 2.75) is 33.4 Å². The molecule has 2 rings (SSSR count). The number of nitrogens with zero attached hydrogens (tertiary/aromatic N) is 1. The number of carbonyl (C=O) groups excluding carboxylic acids is 2. The van der Waals surface area contributed by atoms with Crippen molar-refractivity contribution in [3.63, 3.8) is 0 Å². The van der Waals surface area contributed by atoms with Gasteiger partial charge in [0.1, 0.15) is 6.04 Å². The first-order chi connectivity index (χ1) is 12.4. The molecule has 0 fully saturated rings. The average molecular weight is 355 g/mol. The van der Waals surface area contributed by atoms with Crippen molar-refractivity contribution in [1.29, 1.82) is 0 Å². The summed E-state index contributed by atoms with van der Waals surface area (Å²) in [6.45, 7) is 6.02. The highest BCUT2D eigenvalue weighted by Gasteiger charge is 2.24. The fourth-order valence-electron chi connectivity index (χ4n) is 2.50. The fourth-order valence-corrected chi connectivity index (χ4v) is 2.50. The van der Waals surface area contributed by atoms with Gasteiger partial charge < -0.3 is 15.4 Å². The van der Waals surface area contributed by atoms with Gasteiger partial charge in [0.25, 0.3) is 5.91 Å². The quantitative estimate of drug-likeness (QED) is 0.799. The summed E-state index contributed by atoms with van der Waals surface area (Å²) in [6.07, 6.45) is 1.63. The second kappa shape index (κ2) is 8.99. The Morgan fingerprint density at radius 2 is 1.85 bits per heavy atom. The molecular formula is C20H25N3O3. The van der Waals surface area contributed by atoms with E-state index in [1.54, 1.807) is 24.4 Å². The fraction of sp³-hybridized carbons (Fsp3) is 0.350. The molecule has 0 radical (unpaired) electrons. The Morgan fingerprint density at radius 3 is 2.46 bits per heavy atom. The molecule has 1 aromatic heterocycles. The molecule has 0 aliphatic carbocycles. The number of ether oxygens (including phenoxy) is 1. The summed E-state index contributed by atoms with van der Waals surface area (Å²) >= 11 is 0. The molecule has 1 aromatic carbocycles. The Morgan fingerprint density at radius 1 is 1.15 bits per heavy atom. The van der Waals surface area contributed by atoms with Crippen LogP contribution in [0.2, 0.25) is 0 Å². The maximum atomic E-state index is 12.6. The van der Waals surface area contributed by atoms with Crippen LogP contribution in [0, 0.1) is 12.8 Å². The number of hydrogen-bond donors (Lipinski definition) is 2. The standard InChI is InChI=1S/C20H25N3O3/c1-13(2)17(23-18(24)15-9-7-14(3)8-10-15)19(25)22-12-16-6-5-11-21-20(16)26-4/h5-11,13,17H,12H2,1-4H3,(H,22,25)(H,23,24). The molecule has 0 saturated heterocycles. The first-order valence-corrected chi connectivity index (χ1v) is 8.55. The number of hydrogen-bond acceptors (Lipinski definition) is 4. The monoisotopic (exact) mass is 355 g/mol. The van der Waals surface area contributed by atoms with E-state index >= 15 is 0 Å². The minimum absolute atomic E-state index is 0.0554. The molecule has 138 valence electrons. The van der Waals surface area contributed by atoms with Gasteiger partial charge in [0, 0.05) is 23.9 Å². The van der Waals surface area contributed by atoms with Crippen molar-refractivity contribution in [2.24, 2.45) is 5.92 Å². The molecule has 0 bridgehead atoms. The lowest BCUT2D eigenvalue weighted by molar-refractivity contribution is -0.124. The number of pyridine rings is 1. The molecule has 26 heavy (non-hydrogen) atoms. The molecule has 2 N–H and O–H groups in total. The molecule has 1 unspecified atom stereocenters. The van der Waals surface area contributed by atoms with E-state index in [1.807, 2.05) is 39.0 Å². The Kier molecular flexibility index (Phi) is 6.72. The predicted octanol–water partition coefficient (Wildman–Crippen LogP) is 2.47. The van der Waals surface area contributed by atoms with E-state index in [9.17, 15) is 9.59 Å². The number of aryl methyl sites for hydroxylation is 1. The zero-order chi connectivity index (χ0) is 19.1. The van der Waals surface area contributed by atoms with Crippen molar-refractivity contribution in [3.8, 4) is 5.88 Å². The summed E-state index contributed by atoms with van der Waals surface area (Å²) in [5.41, 5.74) is 2.38. The van der Waals surface area contributed by atoms with Gasteiger partial charge in [-0.15, -0.1) is 0 Å². The van der Waals surface area contributed by atoms with Crippen molar-refractivity contribution >= 4 is 11.8 Å². The van der Waals surface area contributed by atoms with Crippen LogP contribution in [0.4, 0.5) is 0 Å². The highest BCUT2D eigenvalue weighted by atomic mass is 16.5. The molecule has 0 spiro atoms. The SMILES string of the molecule is COc1ncccc1CNC(=O)C(NC(=O)c1ccc(C)cc1)C(C)C. The van der Waals surface area contributed by atoms with Gasteiger partial charge in [-0.25, -0.2) is 4.98 Å². The minimum atomic E-state index is -0.633. The summed E-state index contributed by atoms with van der Waals surface area (Å²) in [7, 11) is 1.53. The van der Waals surface area contributed by atoms with Crippen LogP contribution in [0.3, 0.4) is 0 Å². The number of benzene rings is 1. The lowest BCUT2D eigenvalue weighted by Gasteiger charge is -2.22. The van der Waals surface area contributed by atoms with E-state index in [0.717, 1.165) is 11.1 Å². The number of nitrogens with one attached hydrogen (secondary N) is 2. The lowest BCUT2D eigenvalue weighted by atomic mass is 10.0. The molecule has 0 aliphatic heterocycles. The third-order valence-corrected chi connectivity index (χ3v) is 4.05. The van der Waals surface area contributed by atoms with Crippen LogP contribution >= 0.6 is 0 Å². The van der Waals surface area contributed by atoms with Crippen molar-refractivity contribution < 1.29 is 14.3 Å². The number of amides is 2. The average Bonchev–Trinajstić information content (AvgIpc) is 2.64. The van der Waals surface area contributed by atoms with Gasteiger partial charge in [-0.3, -0.25) is 9.59 Å². The van der Waals surface area contributed by atoms with Crippen LogP contribution in [0.1, 0.15) is 35.3 Å². The molecule has 6 nitrogen and oxygen atoms in total. The van der Waals surface area contributed by atoms with Crippen LogP contribution in [0.15, 0.2) is 42.6 Å². The number of aromatic nitrogens is 1. The van der Waals surface area contributed by atoms with E-state index in [0.29, 0.717) is 11.4 Å². The van der Waals surface area contributed by atoms with Crippen LogP contribution in [-0.2, 0) is 11.3 Å². The third kappa shape index (κ3) is 5.05. The minimum Gasteiger partial charge on any atom is -0.481 e. The molecule has 0 saturated carbocycles. The largest absolute Gasteiger partial charge is 0.481 e. The Bertz CT molecular complexity index is 757. The first kappa shape index (κ1) is 19.4. The van der Waals surface area contributed by atoms with Gasteiger partial charge >= 0.3 is 0 Å². The maximum absolute atomic E-state index is 12.6. The molecular weight excluding hydrogens is 330 g/mol. The van der Waals surface area contributed by atoms with Gasteiger partial charge in [-0.2, -0.15) is 0 Å². The number of carbonyl (C=O) groups is 2. The van der Waals surface area contributed by atoms with Crippen LogP contribution < -0.4 is 15.4 Å². The Hall–Kier alpha value is -2.89. The van der Waals surface area contributed by atoms with Crippen LogP contribution in [-0.4, -0.2) is 29.9 Å². The molecule has 1 heterocycles. The lowest BCUT2D eigenvalue weighted by Crippen LogP contribution is -2.49. The summed E-state index contributed by atoms with van der Waals surface area (Å²) in [6, 6.07) is 10.2. The van der Waals surface area contributed by atoms with Crippen LogP contribution in [0.5, 0.6) is 5.88 Å². The summed E-state index contributed by atoms with van der Waals surface area (Å²) in [4.78, 5) is 29.1. The second-order valence-electron chi connectivity index (χ2n) is 6.45. The normalized spacial score (nSPS) is 11.7. The number of rotatable bonds is 7. The predicted molar refractivity (Wildman–Crippen MR) is 99.9 cm³/mol. The third-order valence-electron chi connectivity index (χ3n) is 4.05. The molecule has 1 atom stereocenters. The zero-order valence-corrected chi connectivity index (χ0v) is 15.6. The van der Waals surface area contributed by atoms with E-state index in [2.05, 4.69) is 15.6 Å². The maximum Gasteiger partial charge on any atom is 0.251 e. The smallest absolute Gasteiger partial charge is 0.251 e. The van der Waals surface area contributed by atoms with Crippen molar-refractivity contribution in [1.82, 2.24) is 15.6 Å². The first-order valence-electron chi connectivity index (χ1n) is 8.55. The van der Waals surface area contributed by atoms with E-state index in [-0.39, 0.29) is 24.3 Å². The van der Waals surface area contributed by atoms with Crippen LogP contribution in [0.25, 0.3) is 0 Å². The summed E-state index contributed by atoms with van der Waals surface area (Å²) in [5, 5.41) is 5.67. The highest BCUT2D eigenvalue weighted by molar-refractivity contribution is 5.97. The molecule has 0 aliphatic rings. The Labute approximate surface area is 154 Å². The second-order valence-corrected chi connectivity index (χ2v) is 6.45. The van der Waals surface area contributed by atoms with Crippen molar-refractivity contribution in [2.75, 3.05) is 7.11 Å². The van der Waals surface area contributed by atoms with Gasteiger partial charge in [-0.1, -0.05) is 37.6 Å². The highest BCUT2D eigenvalue weighted by Crippen LogP contribution is 2.13. The van der Waals surface area contributed by atoms with E-state index in [4.69, 9.17) is 4.74 Å². The number of methoxy groups -OCH3 is 1. The van der Waals surface area contributed by atoms with Crippen molar-refractivity contribution in [3.05, 3.63) is 59.3 Å². The van der Waals surface area contributed by atoms with Gasteiger partial charge in [0.05, 0.1) is 7.11 Å².